The van der Waals surface area contributed by atoms with Gasteiger partial charge in [-0.1, -0.05) is 46.3 Å². The Labute approximate surface area is 120 Å². The van der Waals surface area contributed by atoms with E-state index in [4.69, 9.17) is 9.84 Å². The molecule has 2 rings (SSSR count). The van der Waals surface area contributed by atoms with Crippen molar-refractivity contribution in [3.05, 3.63) is 64.1 Å². The van der Waals surface area contributed by atoms with Crippen LogP contribution in [0.25, 0.3) is 0 Å². The normalized spacial score (nSPS) is 10.2. The van der Waals surface area contributed by atoms with Crippen LogP contribution in [0.2, 0.25) is 0 Å². The summed E-state index contributed by atoms with van der Waals surface area (Å²) in [5, 5.41) is 8.80. The van der Waals surface area contributed by atoms with Crippen molar-refractivity contribution >= 4 is 21.9 Å². The van der Waals surface area contributed by atoms with E-state index < -0.39 is 5.97 Å². The summed E-state index contributed by atoms with van der Waals surface area (Å²) in [4.78, 5) is 10.7. The number of carbonyl (C=O) groups is 1. The van der Waals surface area contributed by atoms with E-state index in [1.807, 2.05) is 36.4 Å². The summed E-state index contributed by atoms with van der Waals surface area (Å²) >= 11 is 3.36. The molecule has 0 unspecified atom stereocenters. The van der Waals surface area contributed by atoms with E-state index in [0.29, 0.717) is 17.9 Å². The van der Waals surface area contributed by atoms with Crippen LogP contribution in [-0.2, 0) is 17.8 Å². The lowest BCUT2D eigenvalue weighted by atomic mass is 10.1. The molecule has 1 N–H and O–H groups in total. The average molecular weight is 321 g/mol. The van der Waals surface area contributed by atoms with Crippen molar-refractivity contribution in [3.8, 4) is 5.75 Å². The Bertz CT molecular complexity index is 567. The SMILES string of the molecule is O=C(O)Cc1cc(Br)cc(OCc2ccccc2)c1. The molecular formula is C15H13BrO3. The summed E-state index contributed by atoms with van der Waals surface area (Å²) < 4.78 is 6.49. The van der Waals surface area contributed by atoms with Crippen molar-refractivity contribution in [2.45, 2.75) is 13.0 Å². The van der Waals surface area contributed by atoms with Gasteiger partial charge < -0.3 is 9.84 Å². The van der Waals surface area contributed by atoms with Crippen LogP contribution in [-0.4, -0.2) is 11.1 Å². The van der Waals surface area contributed by atoms with Gasteiger partial charge in [0, 0.05) is 4.47 Å². The molecule has 0 aliphatic carbocycles. The number of hydrogen-bond acceptors (Lipinski definition) is 2. The summed E-state index contributed by atoms with van der Waals surface area (Å²) in [6.07, 6.45) is -0.0128. The van der Waals surface area contributed by atoms with Crippen LogP contribution < -0.4 is 4.74 Å². The fraction of sp³-hybridized carbons (Fsp3) is 0.133. The molecule has 0 bridgehead atoms. The zero-order valence-corrected chi connectivity index (χ0v) is 11.8. The van der Waals surface area contributed by atoms with Gasteiger partial charge in [0.2, 0.25) is 0 Å². The third-order valence-corrected chi connectivity index (χ3v) is 2.99. The standard InChI is InChI=1S/C15H13BrO3/c16-13-6-12(8-15(17)18)7-14(9-13)19-10-11-4-2-1-3-5-11/h1-7,9H,8,10H2,(H,17,18). The van der Waals surface area contributed by atoms with Crippen LogP contribution in [0.1, 0.15) is 11.1 Å². The monoisotopic (exact) mass is 320 g/mol. The van der Waals surface area contributed by atoms with Gasteiger partial charge in [-0.05, 0) is 29.3 Å². The second-order valence-corrected chi connectivity index (χ2v) is 5.06. The highest BCUT2D eigenvalue weighted by Gasteiger charge is 2.05. The Morgan fingerprint density at radius 1 is 1.11 bits per heavy atom. The zero-order chi connectivity index (χ0) is 13.7. The Morgan fingerprint density at radius 2 is 1.84 bits per heavy atom. The van der Waals surface area contributed by atoms with E-state index in [-0.39, 0.29) is 6.42 Å². The van der Waals surface area contributed by atoms with E-state index >= 15 is 0 Å². The molecule has 0 heterocycles. The van der Waals surface area contributed by atoms with Crippen LogP contribution in [0.4, 0.5) is 0 Å². The Morgan fingerprint density at radius 3 is 2.53 bits per heavy atom. The summed E-state index contributed by atoms with van der Waals surface area (Å²) in [6.45, 7) is 0.462. The first-order chi connectivity index (χ1) is 9.13. The number of rotatable bonds is 5. The molecule has 3 nitrogen and oxygen atoms in total. The maximum atomic E-state index is 10.7. The largest absolute Gasteiger partial charge is 0.489 e. The quantitative estimate of drug-likeness (QED) is 0.914. The van der Waals surface area contributed by atoms with Gasteiger partial charge in [0.1, 0.15) is 12.4 Å². The molecule has 0 spiro atoms. The molecule has 0 aromatic heterocycles. The number of hydrogen-bond donors (Lipinski definition) is 1. The molecule has 0 saturated carbocycles. The first kappa shape index (κ1) is 13.6. The van der Waals surface area contributed by atoms with Crippen LogP contribution in [0.3, 0.4) is 0 Å². The number of halogens is 1. The van der Waals surface area contributed by atoms with Crippen LogP contribution >= 0.6 is 15.9 Å². The van der Waals surface area contributed by atoms with Crippen LogP contribution in [0.15, 0.2) is 53.0 Å². The third-order valence-electron chi connectivity index (χ3n) is 2.53. The number of carboxylic acid groups (broad SMARTS) is 1. The first-order valence-corrected chi connectivity index (χ1v) is 6.61. The predicted octanol–water partition coefficient (Wildman–Crippen LogP) is 3.66. The van der Waals surface area contributed by atoms with Gasteiger partial charge in [-0.2, -0.15) is 0 Å². The zero-order valence-electron chi connectivity index (χ0n) is 10.2. The lowest BCUT2D eigenvalue weighted by Crippen LogP contribution is -2.01. The summed E-state index contributed by atoms with van der Waals surface area (Å²) in [6, 6.07) is 15.2. The van der Waals surface area contributed by atoms with Gasteiger partial charge in [0.15, 0.2) is 0 Å². The van der Waals surface area contributed by atoms with Crippen molar-refractivity contribution in [2.24, 2.45) is 0 Å². The maximum Gasteiger partial charge on any atom is 0.307 e. The summed E-state index contributed by atoms with van der Waals surface area (Å²) in [5.41, 5.74) is 1.78. The van der Waals surface area contributed by atoms with Crippen molar-refractivity contribution in [1.82, 2.24) is 0 Å². The highest BCUT2D eigenvalue weighted by atomic mass is 79.9. The van der Waals surface area contributed by atoms with Crippen molar-refractivity contribution in [1.29, 1.82) is 0 Å². The van der Waals surface area contributed by atoms with E-state index in [1.165, 1.54) is 0 Å². The fourth-order valence-electron chi connectivity index (χ4n) is 1.72. The Balaban J connectivity index is 2.07. The minimum Gasteiger partial charge on any atom is -0.489 e. The van der Waals surface area contributed by atoms with Gasteiger partial charge in [0.05, 0.1) is 6.42 Å². The smallest absolute Gasteiger partial charge is 0.307 e. The average Bonchev–Trinajstić information content (AvgIpc) is 2.36. The molecule has 4 heteroatoms. The molecule has 0 fully saturated rings. The highest BCUT2D eigenvalue weighted by molar-refractivity contribution is 9.10. The van der Waals surface area contributed by atoms with Gasteiger partial charge in [-0.25, -0.2) is 0 Å². The lowest BCUT2D eigenvalue weighted by molar-refractivity contribution is -0.136. The first-order valence-electron chi connectivity index (χ1n) is 5.81. The van der Waals surface area contributed by atoms with E-state index in [9.17, 15) is 4.79 Å². The minimum absolute atomic E-state index is 0.0128. The van der Waals surface area contributed by atoms with Gasteiger partial charge in [0.25, 0.3) is 0 Å². The van der Waals surface area contributed by atoms with Gasteiger partial charge in [-0.3, -0.25) is 4.79 Å². The van der Waals surface area contributed by atoms with E-state index in [1.54, 1.807) is 12.1 Å². The summed E-state index contributed by atoms with van der Waals surface area (Å²) in [5.74, 6) is -0.193. The molecule has 98 valence electrons. The van der Waals surface area contributed by atoms with E-state index in [2.05, 4.69) is 15.9 Å². The number of aliphatic carboxylic acids is 1. The molecule has 0 aliphatic heterocycles. The lowest BCUT2D eigenvalue weighted by Gasteiger charge is -2.08. The molecular weight excluding hydrogens is 308 g/mol. The number of ether oxygens (including phenoxy) is 1. The Kier molecular flexibility index (Phi) is 4.58. The van der Waals surface area contributed by atoms with Crippen LogP contribution in [0, 0.1) is 0 Å². The van der Waals surface area contributed by atoms with Gasteiger partial charge >= 0.3 is 5.97 Å². The molecule has 2 aromatic rings. The van der Waals surface area contributed by atoms with Crippen molar-refractivity contribution < 1.29 is 14.6 Å². The van der Waals surface area contributed by atoms with E-state index in [0.717, 1.165) is 10.0 Å². The minimum atomic E-state index is -0.855. The second kappa shape index (κ2) is 6.38. The molecule has 0 radical (unpaired) electrons. The molecule has 2 aromatic carbocycles. The third kappa shape index (κ3) is 4.41. The number of benzene rings is 2. The van der Waals surface area contributed by atoms with Crippen LogP contribution in [0.5, 0.6) is 5.75 Å². The molecule has 0 atom stereocenters. The molecule has 0 amide bonds. The highest BCUT2D eigenvalue weighted by Crippen LogP contribution is 2.22. The van der Waals surface area contributed by atoms with Crippen molar-refractivity contribution in [2.75, 3.05) is 0 Å². The molecule has 0 aliphatic rings. The number of carboxylic acids is 1. The maximum absolute atomic E-state index is 10.7. The van der Waals surface area contributed by atoms with Crippen molar-refractivity contribution in [3.63, 3.8) is 0 Å². The fourth-order valence-corrected chi connectivity index (χ4v) is 2.24. The molecule has 0 saturated heterocycles. The molecule has 19 heavy (non-hydrogen) atoms. The second-order valence-electron chi connectivity index (χ2n) is 4.14. The predicted molar refractivity (Wildman–Crippen MR) is 76.3 cm³/mol. The Hall–Kier alpha value is -1.81. The van der Waals surface area contributed by atoms with Gasteiger partial charge in [-0.15, -0.1) is 0 Å². The topological polar surface area (TPSA) is 46.5 Å². The summed E-state index contributed by atoms with van der Waals surface area (Å²) in [7, 11) is 0.